The summed E-state index contributed by atoms with van der Waals surface area (Å²) < 4.78 is 5.19. The zero-order valence-corrected chi connectivity index (χ0v) is 12.6. The molecule has 21 heavy (non-hydrogen) atoms. The highest BCUT2D eigenvalue weighted by molar-refractivity contribution is 8.13. The van der Waals surface area contributed by atoms with E-state index in [0.29, 0.717) is 39.1 Å². The van der Waals surface area contributed by atoms with Crippen LogP contribution in [0, 0.1) is 5.41 Å². The van der Waals surface area contributed by atoms with E-state index in [9.17, 15) is 19.5 Å². The van der Waals surface area contributed by atoms with Crippen molar-refractivity contribution in [2.45, 2.75) is 19.3 Å². The van der Waals surface area contributed by atoms with Crippen LogP contribution in [0.2, 0.25) is 0 Å². The van der Waals surface area contributed by atoms with E-state index in [0.717, 1.165) is 5.75 Å². The Balaban J connectivity index is 1.76. The van der Waals surface area contributed by atoms with Gasteiger partial charge in [-0.25, -0.2) is 0 Å². The molecule has 2 amide bonds. The molecule has 7 nitrogen and oxygen atoms in total. The van der Waals surface area contributed by atoms with Crippen LogP contribution in [0.4, 0.5) is 4.79 Å². The monoisotopic (exact) mass is 316 g/mol. The predicted octanol–water partition coefficient (Wildman–Crippen LogP) is 0.543. The van der Waals surface area contributed by atoms with Crippen LogP contribution in [-0.2, 0) is 14.3 Å². The molecule has 0 aromatic heterocycles. The Morgan fingerprint density at radius 2 is 2.10 bits per heavy atom. The van der Waals surface area contributed by atoms with Gasteiger partial charge in [0.05, 0.1) is 5.41 Å². The minimum absolute atomic E-state index is 0.00855. The maximum Gasteiger partial charge on any atom is 0.311 e. The number of amides is 2. The van der Waals surface area contributed by atoms with Gasteiger partial charge in [-0.2, -0.15) is 0 Å². The van der Waals surface area contributed by atoms with Crippen molar-refractivity contribution in [3.05, 3.63) is 0 Å². The number of hydrogen-bond acceptors (Lipinski definition) is 5. The van der Waals surface area contributed by atoms with Gasteiger partial charge in [-0.1, -0.05) is 11.8 Å². The number of thioether (sulfide) groups is 1. The average molecular weight is 316 g/mol. The topological polar surface area (TPSA) is 95.9 Å². The standard InChI is InChI=1S/C13H20N2O5S/c16-10(1-4-15-5-8-21-12(15)19)14-9-13(11(17)18)2-6-20-7-3-13/h1-9H2,(H,14,16)(H,17,18). The Hall–Kier alpha value is -1.28. The van der Waals surface area contributed by atoms with Crippen LogP contribution >= 0.6 is 11.8 Å². The first kappa shape index (κ1) is 16.1. The van der Waals surface area contributed by atoms with Crippen LogP contribution in [-0.4, -0.2) is 65.7 Å². The third kappa shape index (κ3) is 4.10. The maximum atomic E-state index is 11.8. The SMILES string of the molecule is O=C(CCN1CCSC1=O)NCC1(C(=O)O)CCOCC1. The second-order valence-corrected chi connectivity index (χ2v) is 6.37. The zero-order valence-electron chi connectivity index (χ0n) is 11.8. The Morgan fingerprint density at radius 1 is 1.38 bits per heavy atom. The number of carboxylic acid groups (broad SMARTS) is 1. The lowest BCUT2D eigenvalue weighted by Crippen LogP contribution is -2.46. The molecule has 2 N–H and O–H groups in total. The second kappa shape index (κ2) is 7.13. The average Bonchev–Trinajstić information content (AvgIpc) is 2.89. The van der Waals surface area contributed by atoms with Crippen molar-refractivity contribution in [1.29, 1.82) is 0 Å². The number of hydrogen-bond donors (Lipinski definition) is 2. The molecule has 2 heterocycles. The zero-order chi connectivity index (χ0) is 15.3. The van der Waals surface area contributed by atoms with Crippen LogP contribution in [0.5, 0.6) is 0 Å². The van der Waals surface area contributed by atoms with Crippen molar-refractivity contribution in [3.63, 3.8) is 0 Å². The molecule has 2 rings (SSSR count). The molecule has 0 bridgehead atoms. The Morgan fingerprint density at radius 3 is 2.67 bits per heavy atom. The van der Waals surface area contributed by atoms with Gasteiger partial charge in [0.25, 0.3) is 5.24 Å². The molecule has 2 saturated heterocycles. The van der Waals surface area contributed by atoms with Crippen molar-refractivity contribution < 1.29 is 24.2 Å². The van der Waals surface area contributed by atoms with E-state index in [1.165, 1.54) is 11.8 Å². The Bertz CT molecular complexity index is 423. The third-order valence-electron chi connectivity index (χ3n) is 3.98. The summed E-state index contributed by atoms with van der Waals surface area (Å²) in [5.74, 6) is -0.341. The number of rotatable bonds is 6. The largest absolute Gasteiger partial charge is 0.481 e. The number of ether oxygens (including phenoxy) is 1. The third-order valence-corrected chi connectivity index (χ3v) is 4.87. The number of aliphatic carboxylic acids is 1. The van der Waals surface area contributed by atoms with E-state index in [-0.39, 0.29) is 24.1 Å². The van der Waals surface area contributed by atoms with Crippen molar-refractivity contribution in [2.24, 2.45) is 5.41 Å². The van der Waals surface area contributed by atoms with Gasteiger partial charge < -0.3 is 20.1 Å². The first-order chi connectivity index (χ1) is 10.0. The van der Waals surface area contributed by atoms with Gasteiger partial charge in [-0.15, -0.1) is 0 Å². The van der Waals surface area contributed by atoms with Gasteiger partial charge in [0, 0.05) is 45.0 Å². The summed E-state index contributed by atoms with van der Waals surface area (Å²) in [7, 11) is 0. The van der Waals surface area contributed by atoms with Crippen molar-refractivity contribution in [2.75, 3.05) is 38.6 Å². The van der Waals surface area contributed by atoms with E-state index >= 15 is 0 Å². The van der Waals surface area contributed by atoms with Gasteiger partial charge in [0.1, 0.15) is 0 Å². The fourth-order valence-electron chi connectivity index (χ4n) is 2.45. The molecule has 0 aromatic carbocycles. The van der Waals surface area contributed by atoms with Crippen LogP contribution in [0.1, 0.15) is 19.3 Å². The highest BCUT2D eigenvalue weighted by Crippen LogP contribution is 2.30. The van der Waals surface area contributed by atoms with Crippen LogP contribution < -0.4 is 5.32 Å². The van der Waals surface area contributed by atoms with E-state index in [1.807, 2.05) is 0 Å². The minimum Gasteiger partial charge on any atom is -0.481 e. The fraction of sp³-hybridized carbons (Fsp3) is 0.769. The molecule has 118 valence electrons. The maximum absolute atomic E-state index is 11.8. The molecule has 0 aromatic rings. The van der Waals surface area contributed by atoms with Crippen LogP contribution in [0.15, 0.2) is 0 Å². The second-order valence-electron chi connectivity index (χ2n) is 5.33. The molecular formula is C13H20N2O5S. The molecule has 0 radical (unpaired) electrons. The Kier molecular flexibility index (Phi) is 5.46. The number of carboxylic acids is 1. The molecule has 2 fully saturated rings. The molecular weight excluding hydrogens is 296 g/mol. The van der Waals surface area contributed by atoms with E-state index in [2.05, 4.69) is 5.32 Å². The summed E-state index contributed by atoms with van der Waals surface area (Å²) in [6.07, 6.45) is 1.02. The predicted molar refractivity (Wildman–Crippen MR) is 77.2 cm³/mol. The summed E-state index contributed by atoms with van der Waals surface area (Å²) >= 11 is 1.26. The highest BCUT2D eigenvalue weighted by Gasteiger charge is 2.40. The van der Waals surface area contributed by atoms with Gasteiger partial charge in [-0.3, -0.25) is 14.4 Å². The number of nitrogens with one attached hydrogen (secondary N) is 1. The summed E-state index contributed by atoms with van der Waals surface area (Å²) in [5, 5.41) is 12.1. The molecule has 0 unspecified atom stereocenters. The van der Waals surface area contributed by atoms with Crippen molar-refractivity contribution in [1.82, 2.24) is 10.2 Å². The number of carbonyl (C=O) groups is 3. The molecule has 0 saturated carbocycles. The lowest BCUT2D eigenvalue weighted by molar-refractivity contribution is -0.154. The van der Waals surface area contributed by atoms with Gasteiger partial charge in [-0.05, 0) is 12.8 Å². The minimum atomic E-state index is -0.923. The lowest BCUT2D eigenvalue weighted by Gasteiger charge is -2.33. The van der Waals surface area contributed by atoms with E-state index in [4.69, 9.17) is 4.74 Å². The van der Waals surface area contributed by atoms with Crippen molar-refractivity contribution in [3.8, 4) is 0 Å². The number of carbonyl (C=O) groups excluding carboxylic acids is 2. The normalized spacial score (nSPS) is 21.3. The van der Waals surface area contributed by atoms with E-state index in [1.54, 1.807) is 4.90 Å². The first-order valence-corrected chi connectivity index (χ1v) is 8.02. The number of nitrogens with zero attached hydrogens (tertiary/aromatic N) is 1. The summed E-state index contributed by atoms with van der Waals surface area (Å²) in [5.41, 5.74) is -0.923. The van der Waals surface area contributed by atoms with Gasteiger partial charge in [0.2, 0.25) is 5.91 Å². The van der Waals surface area contributed by atoms with Gasteiger partial charge in [0.15, 0.2) is 0 Å². The Labute approximate surface area is 127 Å². The molecule has 8 heteroatoms. The molecule has 2 aliphatic rings. The summed E-state index contributed by atoms with van der Waals surface area (Å²) in [6.45, 7) is 1.99. The smallest absolute Gasteiger partial charge is 0.311 e. The van der Waals surface area contributed by atoms with E-state index < -0.39 is 11.4 Å². The summed E-state index contributed by atoms with van der Waals surface area (Å²) in [4.78, 5) is 36.3. The van der Waals surface area contributed by atoms with Gasteiger partial charge >= 0.3 is 5.97 Å². The van der Waals surface area contributed by atoms with Crippen molar-refractivity contribution >= 4 is 28.9 Å². The van der Waals surface area contributed by atoms with Crippen LogP contribution in [0.3, 0.4) is 0 Å². The first-order valence-electron chi connectivity index (χ1n) is 7.03. The molecule has 0 aliphatic carbocycles. The lowest BCUT2D eigenvalue weighted by atomic mass is 9.80. The quantitative estimate of drug-likeness (QED) is 0.742. The van der Waals surface area contributed by atoms with Crippen LogP contribution in [0.25, 0.3) is 0 Å². The molecule has 2 aliphatic heterocycles. The molecule has 0 atom stereocenters. The fourth-order valence-corrected chi connectivity index (χ4v) is 3.30. The highest BCUT2D eigenvalue weighted by atomic mass is 32.2. The molecule has 0 spiro atoms. The summed E-state index contributed by atoms with van der Waals surface area (Å²) in [6, 6.07) is 0.